The van der Waals surface area contributed by atoms with Gasteiger partial charge in [-0.25, -0.2) is 0 Å². The smallest absolute Gasteiger partial charge is 0.318 e. The summed E-state index contributed by atoms with van der Waals surface area (Å²) in [6.07, 6.45) is 3.24. The first kappa shape index (κ1) is 22.2. The fourth-order valence-electron chi connectivity index (χ4n) is 3.22. The van der Waals surface area contributed by atoms with Crippen LogP contribution in [-0.4, -0.2) is 40.9 Å². The molecule has 1 saturated heterocycles. The van der Waals surface area contributed by atoms with Gasteiger partial charge in [0.2, 0.25) is 5.75 Å². The van der Waals surface area contributed by atoms with Crippen molar-refractivity contribution in [3.63, 3.8) is 0 Å². The van der Waals surface area contributed by atoms with E-state index < -0.39 is 21.2 Å². The van der Waals surface area contributed by atoms with Gasteiger partial charge in [0.05, 0.1) is 23.0 Å². The number of ether oxygens (including phenoxy) is 2. The molecule has 0 atom stereocenters. The lowest BCUT2D eigenvalue weighted by molar-refractivity contribution is -0.394. The third-order valence-corrected chi connectivity index (χ3v) is 4.81. The van der Waals surface area contributed by atoms with E-state index in [0.29, 0.717) is 18.7 Å². The van der Waals surface area contributed by atoms with E-state index in [1.807, 2.05) is 6.07 Å². The van der Waals surface area contributed by atoms with E-state index in [9.17, 15) is 30.3 Å². The summed E-state index contributed by atoms with van der Waals surface area (Å²) in [5.41, 5.74) is -0.540. The van der Waals surface area contributed by atoms with E-state index in [4.69, 9.17) is 9.47 Å². The molecule has 1 fully saturated rings. The molecule has 0 unspecified atom stereocenters. The van der Waals surface area contributed by atoms with Crippen LogP contribution in [0.15, 0.2) is 42.0 Å². The van der Waals surface area contributed by atoms with Crippen LogP contribution >= 0.6 is 0 Å². The second-order valence-corrected chi connectivity index (χ2v) is 6.85. The lowest BCUT2D eigenvalue weighted by atomic mass is 10.1. The molecule has 1 heterocycles. The summed E-state index contributed by atoms with van der Waals surface area (Å²) in [5.74, 6) is -0.238. The van der Waals surface area contributed by atoms with E-state index in [-0.39, 0.29) is 28.7 Å². The fourth-order valence-corrected chi connectivity index (χ4v) is 3.22. The van der Waals surface area contributed by atoms with Crippen LogP contribution in [-0.2, 0) is 4.79 Å². The van der Waals surface area contributed by atoms with Gasteiger partial charge in [-0.1, -0.05) is 6.07 Å². The molecule has 0 aromatic heterocycles. The maximum Gasteiger partial charge on any atom is 0.318 e. The molecular weight excluding hydrogens is 420 g/mol. The molecule has 2 aromatic rings. The number of carbonyl (C=O) groups excluding carboxylic acids is 1. The van der Waals surface area contributed by atoms with Crippen molar-refractivity contribution in [1.29, 1.82) is 5.26 Å². The van der Waals surface area contributed by atoms with Crippen LogP contribution in [0.25, 0.3) is 6.08 Å². The molecule has 1 amide bonds. The highest BCUT2D eigenvalue weighted by Crippen LogP contribution is 2.38. The number of nitro groups is 2. The van der Waals surface area contributed by atoms with Crippen molar-refractivity contribution in [2.24, 2.45) is 0 Å². The lowest BCUT2D eigenvalue weighted by Gasteiger charge is -2.14. The molecule has 32 heavy (non-hydrogen) atoms. The molecule has 0 N–H and O–H groups in total. The molecule has 0 aliphatic carbocycles. The minimum absolute atomic E-state index is 0.0198. The number of nitro benzene ring substituents is 2. The molecule has 164 valence electrons. The molecule has 0 spiro atoms. The van der Waals surface area contributed by atoms with E-state index in [0.717, 1.165) is 31.0 Å². The molecule has 1 aliphatic heterocycles. The number of methoxy groups -OCH3 is 1. The second-order valence-electron chi connectivity index (χ2n) is 6.85. The third kappa shape index (κ3) is 4.81. The van der Waals surface area contributed by atoms with Crippen molar-refractivity contribution in [3.8, 4) is 23.3 Å². The largest absolute Gasteiger partial charge is 0.493 e. The number of hydrogen-bond acceptors (Lipinski definition) is 8. The van der Waals surface area contributed by atoms with Crippen LogP contribution in [0.3, 0.4) is 0 Å². The zero-order valence-electron chi connectivity index (χ0n) is 17.0. The van der Waals surface area contributed by atoms with Crippen molar-refractivity contribution < 1.29 is 24.1 Å². The van der Waals surface area contributed by atoms with Gasteiger partial charge < -0.3 is 14.4 Å². The standard InChI is InChI=1S/C21H18N4O7/c1-31-20-11-14(10-15(13-22)21(26)23-8-2-3-9-23)4-6-19(20)32-18-7-5-16(24(27)28)12-17(18)25(29)30/h4-7,10-12H,2-3,8-9H2,1H3/b15-10+. The molecule has 3 rings (SSSR count). The summed E-state index contributed by atoms with van der Waals surface area (Å²) in [6, 6.07) is 9.49. The summed E-state index contributed by atoms with van der Waals surface area (Å²) in [7, 11) is 1.36. The van der Waals surface area contributed by atoms with Crippen LogP contribution in [0.5, 0.6) is 17.2 Å². The van der Waals surface area contributed by atoms with Crippen LogP contribution in [0.4, 0.5) is 11.4 Å². The maximum absolute atomic E-state index is 12.5. The van der Waals surface area contributed by atoms with Gasteiger partial charge in [0.15, 0.2) is 11.5 Å². The highest BCUT2D eigenvalue weighted by Gasteiger charge is 2.23. The predicted octanol–water partition coefficient (Wildman–Crippen LogP) is 3.83. The highest BCUT2D eigenvalue weighted by molar-refractivity contribution is 6.01. The third-order valence-electron chi connectivity index (χ3n) is 4.81. The van der Waals surface area contributed by atoms with E-state index >= 15 is 0 Å². The molecular formula is C21H18N4O7. The zero-order valence-corrected chi connectivity index (χ0v) is 17.0. The van der Waals surface area contributed by atoms with E-state index in [1.165, 1.54) is 25.3 Å². The molecule has 11 nitrogen and oxygen atoms in total. The van der Waals surface area contributed by atoms with E-state index in [2.05, 4.69) is 0 Å². The number of nitrogens with zero attached hydrogens (tertiary/aromatic N) is 4. The number of hydrogen-bond donors (Lipinski definition) is 0. The summed E-state index contributed by atoms with van der Waals surface area (Å²) in [5, 5.41) is 31.6. The predicted molar refractivity (Wildman–Crippen MR) is 112 cm³/mol. The van der Waals surface area contributed by atoms with Crippen molar-refractivity contribution >= 4 is 23.4 Å². The van der Waals surface area contributed by atoms with Crippen molar-refractivity contribution in [3.05, 3.63) is 67.8 Å². The number of rotatable bonds is 7. The number of amides is 1. The molecule has 11 heteroatoms. The summed E-state index contributed by atoms with van der Waals surface area (Å²) >= 11 is 0. The molecule has 0 radical (unpaired) electrons. The van der Waals surface area contributed by atoms with Crippen LogP contribution < -0.4 is 9.47 Å². The zero-order chi connectivity index (χ0) is 23.3. The Labute approximate surface area is 182 Å². The Morgan fingerprint density at radius 2 is 1.75 bits per heavy atom. The quantitative estimate of drug-likeness (QED) is 0.274. The van der Waals surface area contributed by atoms with Gasteiger partial charge in [0, 0.05) is 19.2 Å². The highest BCUT2D eigenvalue weighted by atomic mass is 16.6. The Balaban J connectivity index is 1.91. The van der Waals surface area contributed by atoms with Crippen molar-refractivity contribution in [2.45, 2.75) is 12.8 Å². The fraction of sp³-hybridized carbons (Fsp3) is 0.238. The van der Waals surface area contributed by atoms with E-state index in [1.54, 1.807) is 11.0 Å². The van der Waals surface area contributed by atoms with Gasteiger partial charge in [-0.2, -0.15) is 5.26 Å². The maximum atomic E-state index is 12.5. The first-order chi connectivity index (χ1) is 15.3. The van der Waals surface area contributed by atoms with Gasteiger partial charge in [-0.3, -0.25) is 25.0 Å². The van der Waals surface area contributed by atoms with Crippen LogP contribution in [0.1, 0.15) is 18.4 Å². The Morgan fingerprint density at radius 3 is 2.34 bits per heavy atom. The Hall–Kier alpha value is -4.46. The number of likely N-dealkylation sites (tertiary alicyclic amines) is 1. The van der Waals surface area contributed by atoms with Gasteiger partial charge in [-0.15, -0.1) is 0 Å². The second kappa shape index (κ2) is 9.57. The summed E-state index contributed by atoms with van der Waals surface area (Å²) in [6.45, 7) is 1.23. The number of carbonyl (C=O) groups is 1. The lowest BCUT2D eigenvalue weighted by Crippen LogP contribution is -2.28. The number of non-ortho nitro benzene ring substituents is 1. The normalized spacial score (nSPS) is 13.4. The number of nitriles is 1. The van der Waals surface area contributed by atoms with Gasteiger partial charge in [0.25, 0.3) is 11.6 Å². The topological polar surface area (TPSA) is 149 Å². The molecule has 2 aromatic carbocycles. The first-order valence-corrected chi connectivity index (χ1v) is 9.54. The van der Waals surface area contributed by atoms with Gasteiger partial charge >= 0.3 is 5.69 Å². The first-order valence-electron chi connectivity index (χ1n) is 9.54. The summed E-state index contributed by atoms with van der Waals surface area (Å²) < 4.78 is 10.9. The van der Waals surface area contributed by atoms with Crippen LogP contribution in [0, 0.1) is 31.6 Å². The number of benzene rings is 2. The van der Waals surface area contributed by atoms with Crippen molar-refractivity contribution in [1.82, 2.24) is 4.90 Å². The minimum atomic E-state index is -0.783. The minimum Gasteiger partial charge on any atom is -0.493 e. The van der Waals surface area contributed by atoms with Crippen LogP contribution in [0.2, 0.25) is 0 Å². The average Bonchev–Trinajstić information content (AvgIpc) is 3.32. The SMILES string of the molecule is COc1cc(/C=C(\C#N)C(=O)N2CCCC2)ccc1Oc1ccc([N+](=O)[O-])cc1[N+](=O)[O-]. The van der Waals surface area contributed by atoms with Crippen molar-refractivity contribution in [2.75, 3.05) is 20.2 Å². The Kier molecular flexibility index (Phi) is 6.65. The summed E-state index contributed by atoms with van der Waals surface area (Å²) in [4.78, 5) is 34.8. The Bertz CT molecular complexity index is 1150. The monoisotopic (exact) mass is 438 g/mol. The average molecular weight is 438 g/mol. The van der Waals surface area contributed by atoms with Gasteiger partial charge in [0.1, 0.15) is 11.6 Å². The Morgan fingerprint density at radius 1 is 1.06 bits per heavy atom. The molecule has 0 bridgehead atoms. The molecule has 0 saturated carbocycles. The van der Waals surface area contributed by atoms with Gasteiger partial charge in [-0.05, 0) is 42.7 Å². The molecule has 1 aliphatic rings.